The van der Waals surface area contributed by atoms with Crippen molar-refractivity contribution in [3.05, 3.63) is 30.1 Å². The monoisotopic (exact) mass is 339 g/mol. The molecule has 1 saturated carbocycles. The summed E-state index contributed by atoms with van der Waals surface area (Å²) >= 11 is 1.56. The van der Waals surface area contributed by atoms with E-state index in [4.69, 9.17) is 4.74 Å². The van der Waals surface area contributed by atoms with Crippen LogP contribution < -0.4 is 10.1 Å². The van der Waals surface area contributed by atoms with Crippen LogP contribution in [0.15, 0.2) is 24.3 Å². The Morgan fingerprint density at radius 3 is 2.78 bits per heavy atom. The highest BCUT2D eigenvalue weighted by Crippen LogP contribution is 2.29. The van der Waals surface area contributed by atoms with E-state index in [0.717, 1.165) is 12.2 Å². The summed E-state index contributed by atoms with van der Waals surface area (Å²) in [4.78, 5) is 12.0. The van der Waals surface area contributed by atoms with Gasteiger partial charge in [-0.15, -0.1) is 11.8 Å². The number of carbonyl (C=O) groups is 1. The average molecular weight is 339 g/mol. The number of amides is 1. The van der Waals surface area contributed by atoms with Crippen LogP contribution in [0.5, 0.6) is 5.75 Å². The molecule has 3 nitrogen and oxygen atoms in total. The molecule has 0 unspecified atom stereocenters. The molecular formula is C18H26FNO2S. The van der Waals surface area contributed by atoms with Crippen LogP contribution in [-0.4, -0.2) is 30.1 Å². The van der Waals surface area contributed by atoms with Crippen molar-refractivity contribution in [3.63, 3.8) is 0 Å². The number of rotatable bonds is 7. The standard InChI is InChI=1S/C18H26FNO2S/c1-13-4-3-5-17(14(13)2)20-18(21)12-23-11-10-22-16-8-6-15(19)7-9-16/h6-9,13-14,17H,3-5,10-12H2,1-2H3,(H,20,21)/t13-,14+,17+/m1/s1. The fourth-order valence-electron chi connectivity index (χ4n) is 2.95. The molecule has 0 radical (unpaired) electrons. The van der Waals surface area contributed by atoms with Crippen LogP contribution in [0.2, 0.25) is 0 Å². The van der Waals surface area contributed by atoms with Crippen molar-refractivity contribution in [2.24, 2.45) is 11.8 Å². The van der Waals surface area contributed by atoms with Gasteiger partial charge >= 0.3 is 0 Å². The maximum absolute atomic E-state index is 12.8. The Morgan fingerprint density at radius 1 is 1.30 bits per heavy atom. The van der Waals surface area contributed by atoms with E-state index in [2.05, 4.69) is 19.2 Å². The van der Waals surface area contributed by atoms with Crippen LogP contribution >= 0.6 is 11.8 Å². The molecule has 1 aliphatic carbocycles. The second-order valence-corrected chi connectivity index (χ2v) is 7.40. The van der Waals surface area contributed by atoms with Crippen molar-refractivity contribution in [2.75, 3.05) is 18.1 Å². The smallest absolute Gasteiger partial charge is 0.230 e. The minimum atomic E-state index is -0.269. The number of thioether (sulfide) groups is 1. The Labute approximate surface area is 142 Å². The van der Waals surface area contributed by atoms with Crippen LogP contribution in [0.4, 0.5) is 4.39 Å². The zero-order valence-corrected chi connectivity index (χ0v) is 14.7. The highest BCUT2D eigenvalue weighted by atomic mass is 32.2. The van der Waals surface area contributed by atoms with Gasteiger partial charge in [0.2, 0.25) is 5.91 Å². The molecule has 0 aliphatic heterocycles. The fourth-order valence-corrected chi connectivity index (χ4v) is 3.56. The summed E-state index contributed by atoms with van der Waals surface area (Å²) in [6.45, 7) is 5.02. The maximum Gasteiger partial charge on any atom is 0.230 e. The second-order valence-electron chi connectivity index (χ2n) is 6.30. The number of hydrogen-bond acceptors (Lipinski definition) is 3. The first kappa shape index (κ1) is 18.1. The molecule has 1 fully saturated rings. The molecule has 1 aromatic rings. The van der Waals surface area contributed by atoms with Gasteiger partial charge in [-0.25, -0.2) is 4.39 Å². The van der Waals surface area contributed by atoms with Gasteiger partial charge in [0.05, 0.1) is 12.4 Å². The van der Waals surface area contributed by atoms with Crippen LogP contribution in [0.25, 0.3) is 0 Å². The number of ether oxygens (including phenoxy) is 1. The third kappa shape index (κ3) is 6.05. The quantitative estimate of drug-likeness (QED) is 0.766. The number of halogens is 1. The summed E-state index contributed by atoms with van der Waals surface area (Å²) in [5.41, 5.74) is 0. The Morgan fingerprint density at radius 2 is 2.04 bits per heavy atom. The number of carbonyl (C=O) groups excluding carboxylic acids is 1. The maximum atomic E-state index is 12.8. The van der Waals surface area contributed by atoms with Gasteiger partial charge in [0.1, 0.15) is 11.6 Å². The van der Waals surface area contributed by atoms with E-state index >= 15 is 0 Å². The lowest BCUT2D eigenvalue weighted by Gasteiger charge is -2.34. The minimum absolute atomic E-state index is 0.114. The lowest BCUT2D eigenvalue weighted by Crippen LogP contribution is -2.44. The molecule has 0 aromatic heterocycles. The van der Waals surface area contributed by atoms with Gasteiger partial charge in [0.15, 0.2) is 0 Å². The molecule has 0 spiro atoms. The summed E-state index contributed by atoms with van der Waals surface area (Å²) < 4.78 is 18.3. The molecule has 3 atom stereocenters. The van der Waals surface area contributed by atoms with Gasteiger partial charge in [-0.05, 0) is 42.5 Å². The van der Waals surface area contributed by atoms with Gasteiger partial charge < -0.3 is 10.1 Å². The Bertz CT molecular complexity index is 494. The molecule has 1 aliphatic rings. The molecule has 2 rings (SSSR count). The summed E-state index contributed by atoms with van der Waals surface area (Å²) in [6, 6.07) is 6.29. The van der Waals surface area contributed by atoms with Crippen LogP contribution in [0.3, 0.4) is 0 Å². The topological polar surface area (TPSA) is 38.3 Å². The molecule has 1 N–H and O–H groups in total. The third-order valence-electron chi connectivity index (χ3n) is 4.60. The van der Waals surface area contributed by atoms with Crippen molar-refractivity contribution in [2.45, 2.75) is 39.2 Å². The van der Waals surface area contributed by atoms with Crippen molar-refractivity contribution in [1.29, 1.82) is 0 Å². The number of benzene rings is 1. The molecule has 5 heteroatoms. The Hall–Kier alpha value is -1.23. The first-order valence-electron chi connectivity index (χ1n) is 8.31. The van der Waals surface area contributed by atoms with Gasteiger partial charge in [0, 0.05) is 11.8 Å². The van der Waals surface area contributed by atoms with Crippen LogP contribution in [0, 0.1) is 17.7 Å². The SMILES string of the molecule is C[C@H]1[C@H](C)CCC[C@@H]1NC(=O)CSCCOc1ccc(F)cc1. The first-order valence-corrected chi connectivity index (χ1v) is 9.47. The van der Waals surface area contributed by atoms with Crippen LogP contribution in [0.1, 0.15) is 33.1 Å². The molecule has 23 heavy (non-hydrogen) atoms. The summed E-state index contributed by atoms with van der Waals surface area (Å²) in [5.74, 6) is 2.94. The fraction of sp³-hybridized carbons (Fsp3) is 0.611. The van der Waals surface area contributed by atoms with E-state index in [1.807, 2.05) is 0 Å². The zero-order chi connectivity index (χ0) is 16.7. The largest absolute Gasteiger partial charge is 0.493 e. The van der Waals surface area contributed by atoms with Gasteiger partial charge in [0.25, 0.3) is 0 Å². The van der Waals surface area contributed by atoms with E-state index < -0.39 is 0 Å². The molecule has 128 valence electrons. The average Bonchev–Trinajstić information content (AvgIpc) is 2.53. The molecule has 0 bridgehead atoms. The van der Waals surface area contributed by atoms with Crippen molar-refractivity contribution in [3.8, 4) is 5.75 Å². The van der Waals surface area contributed by atoms with E-state index in [1.54, 1.807) is 23.9 Å². The van der Waals surface area contributed by atoms with Gasteiger partial charge in [-0.2, -0.15) is 0 Å². The van der Waals surface area contributed by atoms with E-state index in [-0.39, 0.29) is 11.7 Å². The summed E-state index contributed by atoms with van der Waals surface area (Å²) in [7, 11) is 0. The normalized spacial score (nSPS) is 24.2. The van der Waals surface area contributed by atoms with Crippen LogP contribution in [-0.2, 0) is 4.79 Å². The summed E-state index contributed by atoms with van der Waals surface area (Å²) in [5, 5.41) is 3.17. The Balaban J connectivity index is 1.58. The number of nitrogens with one attached hydrogen (secondary N) is 1. The summed E-state index contributed by atoms with van der Waals surface area (Å²) in [6.07, 6.45) is 3.56. The zero-order valence-electron chi connectivity index (χ0n) is 13.9. The molecule has 1 aromatic carbocycles. The first-order chi connectivity index (χ1) is 11.1. The predicted octanol–water partition coefficient (Wildman–Crippen LogP) is 3.88. The lowest BCUT2D eigenvalue weighted by atomic mass is 9.78. The van der Waals surface area contributed by atoms with Gasteiger partial charge in [-0.1, -0.05) is 26.7 Å². The lowest BCUT2D eigenvalue weighted by molar-refractivity contribution is -0.119. The highest BCUT2D eigenvalue weighted by Gasteiger charge is 2.27. The van der Waals surface area contributed by atoms with Crippen molar-refractivity contribution >= 4 is 17.7 Å². The number of hydrogen-bond donors (Lipinski definition) is 1. The second kappa shape index (κ2) is 9.16. The Kier molecular flexibility index (Phi) is 7.21. The van der Waals surface area contributed by atoms with E-state index in [9.17, 15) is 9.18 Å². The third-order valence-corrected chi connectivity index (χ3v) is 5.52. The van der Waals surface area contributed by atoms with Crippen molar-refractivity contribution in [1.82, 2.24) is 5.32 Å². The molecule has 0 saturated heterocycles. The van der Waals surface area contributed by atoms with Gasteiger partial charge in [-0.3, -0.25) is 4.79 Å². The highest BCUT2D eigenvalue weighted by molar-refractivity contribution is 7.99. The molecular weight excluding hydrogens is 313 g/mol. The predicted molar refractivity (Wildman–Crippen MR) is 93.3 cm³/mol. The van der Waals surface area contributed by atoms with E-state index in [0.29, 0.717) is 36.0 Å². The molecule has 0 heterocycles. The van der Waals surface area contributed by atoms with E-state index in [1.165, 1.54) is 25.0 Å². The minimum Gasteiger partial charge on any atom is -0.493 e. The molecule has 1 amide bonds. The van der Waals surface area contributed by atoms with Crippen molar-refractivity contribution < 1.29 is 13.9 Å².